The molecule has 2 aromatic heterocycles. The maximum atomic E-state index is 9.44. The summed E-state index contributed by atoms with van der Waals surface area (Å²) in [4.78, 5) is 4.54. The Morgan fingerprint density at radius 3 is 2.82 bits per heavy atom. The molecule has 0 saturated carbocycles. The third kappa shape index (κ3) is 1.71. The van der Waals surface area contributed by atoms with Crippen molar-refractivity contribution in [1.29, 1.82) is 0 Å². The number of furan rings is 1. The van der Waals surface area contributed by atoms with E-state index in [2.05, 4.69) is 4.98 Å². The van der Waals surface area contributed by atoms with Gasteiger partial charge in [-0.1, -0.05) is 0 Å². The van der Waals surface area contributed by atoms with Gasteiger partial charge in [0.1, 0.15) is 5.76 Å². The highest BCUT2D eigenvalue weighted by Gasteiger charge is 2.42. The van der Waals surface area contributed by atoms with E-state index < -0.39 is 0 Å². The smallest absolute Gasteiger partial charge is 0.162 e. The Kier molecular flexibility index (Phi) is 2.54. The number of rotatable bonds is 3. The van der Waals surface area contributed by atoms with Gasteiger partial charge in [-0.3, -0.25) is 0 Å². The van der Waals surface area contributed by atoms with Crippen LogP contribution in [0.5, 0.6) is 0 Å². The SMILES string of the molecule is Cc1ccc(-c2nc(C3(CO)COC3)cs2)o1. The first kappa shape index (κ1) is 11.0. The maximum absolute atomic E-state index is 9.44. The molecule has 0 aliphatic carbocycles. The van der Waals surface area contributed by atoms with E-state index in [0.29, 0.717) is 13.2 Å². The van der Waals surface area contributed by atoms with Crippen LogP contribution < -0.4 is 0 Å². The topological polar surface area (TPSA) is 55.5 Å². The molecule has 0 aromatic carbocycles. The average Bonchev–Trinajstić information content (AvgIpc) is 2.86. The van der Waals surface area contributed by atoms with Crippen molar-refractivity contribution in [2.75, 3.05) is 19.8 Å². The summed E-state index contributed by atoms with van der Waals surface area (Å²) in [5, 5.41) is 12.3. The Bertz CT molecular complexity index is 522. The molecule has 1 N–H and O–H groups in total. The Balaban J connectivity index is 1.92. The van der Waals surface area contributed by atoms with Crippen LogP contribution in [-0.4, -0.2) is 29.9 Å². The Morgan fingerprint density at radius 1 is 1.47 bits per heavy atom. The zero-order valence-electron chi connectivity index (χ0n) is 9.47. The largest absolute Gasteiger partial charge is 0.459 e. The van der Waals surface area contributed by atoms with Crippen LogP contribution in [0, 0.1) is 6.92 Å². The second-order valence-electron chi connectivity index (χ2n) is 4.38. The highest BCUT2D eigenvalue weighted by Crippen LogP contribution is 2.35. The number of ether oxygens (including phenoxy) is 1. The minimum atomic E-state index is -0.295. The number of aliphatic hydroxyl groups is 1. The van der Waals surface area contributed by atoms with E-state index in [1.165, 1.54) is 11.3 Å². The molecule has 1 aliphatic heterocycles. The lowest BCUT2D eigenvalue weighted by Crippen LogP contribution is -2.49. The van der Waals surface area contributed by atoms with Gasteiger partial charge in [0.15, 0.2) is 10.8 Å². The summed E-state index contributed by atoms with van der Waals surface area (Å²) in [5.41, 5.74) is 0.608. The molecule has 1 fully saturated rings. The fraction of sp³-hybridized carbons (Fsp3) is 0.417. The number of aryl methyl sites for hydroxylation is 1. The zero-order chi connectivity index (χ0) is 11.9. The van der Waals surface area contributed by atoms with Crippen LogP contribution in [0.15, 0.2) is 21.9 Å². The quantitative estimate of drug-likeness (QED) is 0.906. The van der Waals surface area contributed by atoms with Gasteiger partial charge >= 0.3 is 0 Å². The third-order valence-corrected chi connectivity index (χ3v) is 3.91. The van der Waals surface area contributed by atoms with Crippen molar-refractivity contribution in [1.82, 2.24) is 4.98 Å². The summed E-state index contributed by atoms with van der Waals surface area (Å²) in [6, 6.07) is 3.84. The standard InChI is InChI=1S/C12H13NO3S/c1-8-2-3-9(16-8)11-13-10(4-17-11)12(5-14)6-15-7-12/h2-4,14H,5-7H2,1H3. The lowest BCUT2D eigenvalue weighted by Gasteiger charge is -2.38. The van der Waals surface area contributed by atoms with Crippen molar-refractivity contribution in [3.05, 3.63) is 29.0 Å². The lowest BCUT2D eigenvalue weighted by atomic mass is 9.84. The van der Waals surface area contributed by atoms with E-state index in [1.807, 2.05) is 24.4 Å². The summed E-state index contributed by atoms with van der Waals surface area (Å²) >= 11 is 1.54. The van der Waals surface area contributed by atoms with E-state index in [4.69, 9.17) is 9.15 Å². The summed E-state index contributed by atoms with van der Waals surface area (Å²) in [7, 11) is 0. The summed E-state index contributed by atoms with van der Waals surface area (Å²) in [5.74, 6) is 1.66. The van der Waals surface area contributed by atoms with Gasteiger partial charge in [-0.2, -0.15) is 0 Å². The van der Waals surface area contributed by atoms with Crippen LogP contribution in [0.1, 0.15) is 11.5 Å². The monoisotopic (exact) mass is 251 g/mol. The van der Waals surface area contributed by atoms with Crippen LogP contribution in [-0.2, 0) is 10.2 Å². The van der Waals surface area contributed by atoms with Crippen molar-refractivity contribution < 1.29 is 14.3 Å². The summed E-state index contributed by atoms with van der Waals surface area (Å²) in [6.45, 7) is 3.08. The highest BCUT2D eigenvalue weighted by atomic mass is 32.1. The molecule has 1 aliphatic rings. The molecule has 3 rings (SSSR count). The van der Waals surface area contributed by atoms with Gasteiger partial charge in [-0.15, -0.1) is 11.3 Å². The predicted octanol–water partition coefficient (Wildman–Crippen LogP) is 1.97. The van der Waals surface area contributed by atoms with Gasteiger partial charge < -0.3 is 14.3 Å². The van der Waals surface area contributed by atoms with Gasteiger partial charge in [0, 0.05) is 5.38 Å². The van der Waals surface area contributed by atoms with Gasteiger partial charge in [0.2, 0.25) is 0 Å². The maximum Gasteiger partial charge on any atom is 0.162 e. The molecule has 4 nitrogen and oxygen atoms in total. The second kappa shape index (κ2) is 3.94. The minimum Gasteiger partial charge on any atom is -0.459 e. The van der Waals surface area contributed by atoms with Crippen molar-refractivity contribution in [2.24, 2.45) is 0 Å². The number of aliphatic hydroxyl groups excluding tert-OH is 1. The van der Waals surface area contributed by atoms with Gasteiger partial charge in [0.25, 0.3) is 0 Å². The second-order valence-corrected chi connectivity index (χ2v) is 5.24. The van der Waals surface area contributed by atoms with Crippen molar-refractivity contribution in [3.8, 4) is 10.8 Å². The Labute approximate surface area is 103 Å². The fourth-order valence-corrected chi connectivity index (χ4v) is 2.75. The van der Waals surface area contributed by atoms with Gasteiger partial charge in [-0.25, -0.2) is 4.98 Å². The van der Waals surface area contributed by atoms with Crippen LogP contribution in [0.25, 0.3) is 10.8 Å². The Morgan fingerprint density at radius 2 is 2.29 bits per heavy atom. The third-order valence-electron chi connectivity index (χ3n) is 3.06. The number of nitrogens with zero attached hydrogens (tertiary/aromatic N) is 1. The molecule has 0 radical (unpaired) electrons. The normalized spacial score (nSPS) is 18.0. The number of aromatic nitrogens is 1. The lowest BCUT2D eigenvalue weighted by molar-refractivity contribution is -0.0859. The van der Waals surface area contributed by atoms with Crippen LogP contribution >= 0.6 is 11.3 Å². The van der Waals surface area contributed by atoms with Gasteiger partial charge in [0.05, 0.1) is 30.9 Å². The van der Waals surface area contributed by atoms with E-state index >= 15 is 0 Å². The molecule has 1 saturated heterocycles. The highest BCUT2D eigenvalue weighted by molar-refractivity contribution is 7.13. The first-order chi connectivity index (χ1) is 8.23. The van der Waals surface area contributed by atoms with E-state index in [-0.39, 0.29) is 12.0 Å². The molecular formula is C12H13NO3S. The summed E-state index contributed by atoms with van der Waals surface area (Å²) in [6.07, 6.45) is 0. The van der Waals surface area contributed by atoms with Gasteiger partial charge in [-0.05, 0) is 19.1 Å². The van der Waals surface area contributed by atoms with Crippen LogP contribution in [0.4, 0.5) is 0 Å². The first-order valence-corrected chi connectivity index (χ1v) is 6.33. The van der Waals surface area contributed by atoms with Crippen molar-refractivity contribution >= 4 is 11.3 Å². The molecule has 0 bridgehead atoms. The number of hydrogen-bond donors (Lipinski definition) is 1. The molecule has 0 atom stereocenters. The molecular weight excluding hydrogens is 238 g/mol. The molecule has 0 spiro atoms. The molecule has 17 heavy (non-hydrogen) atoms. The summed E-state index contributed by atoms with van der Waals surface area (Å²) < 4.78 is 10.7. The van der Waals surface area contributed by atoms with E-state index in [1.54, 1.807) is 0 Å². The molecule has 5 heteroatoms. The minimum absolute atomic E-state index is 0.0767. The molecule has 90 valence electrons. The zero-order valence-corrected chi connectivity index (χ0v) is 10.3. The predicted molar refractivity (Wildman–Crippen MR) is 64.1 cm³/mol. The molecule has 3 heterocycles. The molecule has 0 unspecified atom stereocenters. The number of thiazole rings is 1. The average molecular weight is 251 g/mol. The first-order valence-electron chi connectivity index (χ1n) is 5.45. The molecule has 0 amide bonds. The Hall–Kier alpha value is -1.17. The van der Waals surface area contributed by atoms with E-state index in [0.717, 1.165) is 22.2 Å². The van der Waals surface area contributed by atoms with Crippen LogP contribution in [0.2, 0.25) is 0 Å². The number of hydrogen-bond acceptors (Lipinski definition) is 5. The van der Waals surface area contributed by atoms with Crippen molar-refractivity contribution in [3.63, 3.8) is 0 Å². The van der Waals surface area contributed by atoms with Crippen molar-refractivity contribution in [2.45, 2.75) is 12.3 Å². The van der Waals surface area contributed by atoms with Crippen LogP contribution in [0.3, 0.4) is 0 Å². The van der Waals surface area contributed by atoms with E-state index in [9.17, 15) is 5.11 Å². The molecule has 2 aromatic rings. The fourth-order valence-electron chi connectivity index (χ4n) is 1.85.